The molecule has 34 heavy (non-hydrogen) atoms. The van der Waals surface area contributed by atoms with Crippen LogP contribution in [-0.2, 0) is 13.1 Å². The van der Waals surface area contributed by atoms with E-state index in [-0.39, 0.29) is 28.6 Å². The fraction of sp³-hybridized carbons (Fsp3) is 0.259. The van der Waals surface area contributed by atoms with Crippen molar-refractivity contribution >= 4 is 17.5 Å². The standard InChI is InChI=1S/C27H26N4O3/c32-25-20-8-1-2-9-21(20)26(33)24-22(25)10-4-11-23(24)27(34)31-14-5-12-28-16-18-6-3-7-19(30-18)17-29-13-15-31/h1-4,6-11,28-29H,5,12-17H2. The average molecular weight is 455 g/mol. The minimum Gasteiger partial charge on any atom is -0.337 e. The van der Waals surface area contributed by atoms with Crippen molar-refractivity contribution in [3.63, 3.8) is 0 Å². The highest BCUT2D eigenvalue weighted by Gasteiger charge is 2.33. The topological polar surface area (TPSA) is 91.4 Å². The van der Waals surface area contributed by atoms with E-state index < -0.39 is 0 Å². The minimum atomic E-state index is -0.273. The molecule has 2 N–H and O–H groups in total. The van der Waals surface area contributed by atoms with Crippen molar-refractivity contribution in [1.29, 1.82) is 0 Å². The predicted octanol–water partition coefficient (Wildman–Crippen LogP) is 2.58. The first-order chi connectivity index (χ1) is 16.6. The zero-order chi connectivity index (χ0) is 23.5. The molecule has 1 aromatic heterocycles. The van der Waals surface area contributed by atoms with Crippen molar-refractivity contribution in [2.45, 2.75) is 19.5 Å². The molecule has 172 valence electrons. The van der Waals surface area contributed by atoms with Gasteiger partial charge in [-0.2, -0.15) is 0 Å². The smallest absolute Gasteiger partial charge is 0.254 e. The molecule has 0 unspecified atom stereocenters. The number of nitrogens with one attached hydrogen (secondary N) is 2. The Morgan fingerprint density at radius 2 is 1.38 bits per heavy atom. The summed E-state index contributed by atoms with van der Waals surface area (Å²) in [6.45, 7) is 3.64. The Bertz CT molecular complexity index is 1270. The fourth-order valence-corrected chi connectivity index (χ4v) is 4.58. The highest BCUT2D eigenvalue weighted by Crippen LogP contribution is 2.30. The van der Waals surface area contributed by atoms with E-state index in [0.717, 1.165) is 24.4 Å². The summed E-state index contributed by atoms with van der Waals surface area (Å²) in [7, 11) is 0. The van der Waals surface area contributed by atoms with Gasteiger partial charge in [-0.1, -0.05) is 42.5 Å². The third-order valence-corrected chi connectivity index (χ3v) is 6.29. The summed E-state index contributed by atoms with van der Waals surface area (Å²) in [4.78, 5) is 46.5. The van der Waals surface area contributed by atoms with Crippen molar-refractivity contribution in [3.8, 4) is 0 Å². The molecule has 2 bridgehead atoms. The van der Waals surface area contributed by atoms with Gasteiger partial charge >= 0.3 is 0 Å². The van der Waals surface area contributed by atoms with Crippen LogP contribution in [0.25, 0.3) is 0 Å². The molecular formula is C27H26N4O3. The lowest BCUT2D eigenvalue weighted by molar-refractivity contribution is 0.0750. The highest BCUT2D eigenvalue weighted by molar-refractivity contribution is 6.30. The second kappa shape index (κ2) is 9.67. The Morgan fingerprint density at radius 3 is 2.15 bits per heavy atom. The lowest BCUT2D eigenvalue weighted by Gasteiger charge is -2.26. The van der Waals surface area contributed by atoms with Crippen molar-refractivity contribution in [2.75, 3.05) is 26.2 Å². The van der Waals surface area contributed by atoms with Crippen LogP contribution >= 0.6 is 0 Å². The lowest BCUT2D eigenvalue weighted by atomic mass is 9.81. The van der Waals surface area contributed by atoms with Crippen molar-refractivity contribution in [2.24, 2.45) is 0 Å². The third kappa shape index (κ3) is 4.27. The van der Waals surface area contributed by atoms with Gasteiger partial charge in [0.2, 0.25) is 0 Å². The molecule has 2 aromatic carbocycles. The SMILES string of the molecule is O=C1c2ccccc2C(=O)c2c1cccc2C(=O)N1CCCNCc2cccc(n2)CNCC1. The number of hydrogen-bond acceptors (Lipinski definition) is 6. The summed E-state index contributed by atoms with van der Waals surface area (Å²) >= 11 is 0. The van der Waals surface area contributed by atoms with Gasteiger partial charge in [-0.3, -0.25) is 19.4 Å². The van der Waals surface area contributed by atoms with Crippen LogP contribution in [0.2, 0.25) is 0 Å². The van der Waals surface area contributed by atoms with E-state index in [1.165, 1.54) is 0 Å². The largest absolute Gasteiger partial charge is 0.337 e. The van der Waals surface area contributed by atoms with Gasteiger partial charge in [-0.05, 0) is 31.2 Å². The van der Waals surface area contributed by atoms with Gasteiger partial charge < -0.3 is 15.5 Å². The quantitative estimate of drug-likeness (QED) is 0.459. The molecule has 0 saturated carbocycles. The number of fused-ring (bicyclic) bond motifs is 4. The monoisotopic (exact) mass is 454 g/mol. The van der Waals surface area contributed by atoms with E-state index in [1.54, 1.807) is 47.4 Å². The number of nitrogens with zero attached hydrogens (tertiary/aromatic N) is 2. The molecule has 2 heterocycles. The zero-order valence-corrected chi connectivity index (χ0v) is 18.8. The van der Waals surface area contributed by atoms with E-state index in [4.69, 9.17) is 0 Å². The Hall–Kier alpha value is -3.68. The molecule has 7 nitrogen and oxygen atoms in total. The van der Waals surface area contributed by atoms with Crippen LogP contribution in [0.5, 0.6) is 0 Å². The molecule has 0 atom stereocenters. The van der Waals surface area contributed by atoms with Crippen LogP contribution in [-0.4, -0.2) is 53.5 Å². The second-order valence-electron chi connectivity index (χ2n) is 8.55. The number of carbonyl (C=O) groups is 3. The third-order valence-electron chi connectivity index (χ3n) is 6.29. The molecule has 1 aliphatic heterocycles. The Balaban J connectivity index is 1.40. The van der Waals surface area contributed by atoms with Crippen molar-refractivity contribution in [1.82, 2.24) is 20.5 Å². The van der Waals surface area contributed by atoms with Crippen molar-refractivity contribution < 1.29 is 14.4 Å². The Kier molecular flexibility index (Phi) is 6.29. The summed E-state index contributed by atoms with van der Waals surface area (Å²) in [5, 5.41) is 6.75. The summed E-state index contributed by atoms with van der Waals surface area (Å²) in [5.74, 6) is -0.720. The molecule has 5 rings (SSSR count). The lowest BCUT2D eigenvalue weighted by Crippen LogP contribution is -2.39. The van der Waals surface area contributed by atoms with Crippen LogP contribution in [0, 0.1) is 0 Å². The highest BCUT2D eigenvalue weighted by atomic mass is 16.2. The van der Waals surface area contributed by atoms with Gasteiger partial charge in [0.25, 0.3) is 5.91 Å². The first kappa shape index (κ1) is 22.1. The molecular weight excluding hydrogens is 428 g/mol. The first-order valence-electron chi connectivity index (χ1n) is 11.6. The van der Waals surface area contributed by atoms with Crippen molar-refractivity contribution in [3.05, 3.63) is 99.9 Å². The van der Waals surface area contributed by atoms with E-state index in [0.29, 0.717) is 49.4 Å². The van der Waals surface area contributed by atoms with Crippen LogP contribution in [0.4, 0.5) is 0 Å². The first-order valence-corrected chi connectivity index (χ1v) is 11.6. The average Bonchev–Trinajstić information content (AvgIpc) is 2.88. The zero-order valence-electron chi connectivity index (χ0n) is 18.8. The van der Waals surface area contributed by atoms with Gasteiger partial charge in [0.15, 0.2) is 11.6 Å². The molecule has 0 radical (unpaired) electrons. The van der Waals surface area contributed by atoms with Gasteiger partial charge in [0, 0.05) is 55.0 Å². The van der Waals surface area contributed by atoms with E-state index >= 15 is 0 Å². The Labute approximate surface area is 198 Å². The Morgan fingerprint density at radius 1 is 0.735 bits per heavy atom. The summed E-state index contributed by atoms with van der Waals surface area (Å²) in [5.41, 5.74) is 3.49. The molecule has 2 aliphatic rings. The molecule has 0 fully saturated rings. The number of benzene rings is 2. The maximum Gasteiger partial charge on any atom is 0.254 e. The predicted molar refractivity (Wildman–Crippen MR) is 128 cm³/mol. The summed E-state index contributed by atoms with van der Waals surface area (Å²) in [6.07, 6.45) is 0.760. The van der Waals surface area contributed by atoms with Gasteiger partial charge in [0.05, 0.1) is 17.0 Å². The van der Waals surface area contributed by atoms with Crippen LogP contribution < -0.4 is 10.6 Å². The molecule has 7 heteroatoms. The number of hydrogen-bond donors (Lipinski definition) is 2. The number of rotatable bonds is 1. The van der Waals surface area contributed by atoms with E-state index in [2.05, 4.69) is 15.6 Å². The van der Waals surface area contributed by atoms with E-state index in [1.807, 2.05) is 18.2 Å². The molecule has 1 amide bonds. The van der Waals surface area contributed by atoms with Gasteiger partial charge in [0.1, 0.15) is 0 Å². The number of ketones is 2. The molecule has 0 saturated heterocycles. The van der Waals surface area contributed by atoms with Crippen LogP contribution in [0.15, 0.2) is 60.7 Å². The normalized spacial score (nSPS) is 16.5. The minimum absolute atomic E-state index is 0.213. The summed E-state index contributed by atoms with van der Waals surface area (Å²) < 4.78 is 0. The molecule has 3 aromatic rings. The van der Waals surface area contributed by atoms with Crippen LogP contribution in [0.3, 0.4) is 0 Å². The maximum absolute atomic E-state index is 13.7. The van der Waals surface area contributed by atoms with E-state index in [9.17, 15) is 14.4 Å². The number of amides is 1. The fourth-order valence-electron chi connectivity index (χ4n) is 4.58. The molecule has 0 spiro atoms. The van der Waals surface area contributed by atoms with Gasteiger partial charge in [-0.25, -0.2) is 0 Å². The number of carbonyl (C=O) groups excluding carboxylic acids is 3. The molecule has 1 aliphatic carbocycles. The number of pyridine rings is 1. The second-order valence-corrected chi connectivity index (χ2v) is 8.55. The maximum atomic E-state index is 13.7. The van der Waals surface area contributed by atoms with Crippen LogP contribution in [0.1, 0.15) is 60.0 Å². The van der Waals surface area contributed by atoms with Gasteiger partial charge in [-0.15, -0.1) is 0 Å². The number of aromatic nitrogens is 1. The summed E-state index contributed by atoms with van der Waals surface area (Å²) in [6, 6.07) is 17.8.